The summed E-state index contributed by atoms with van der Waals surface area (Å²) in [5.74, 6) is 0. The molecule has 1 aliphatic carbocycles. The van der Waals surface area contributed by atoms with Gasteiger partial charge in [0.05, 0.1) is 17.9 Å². The van der Waals surface area contributed by atoms with Crippen LogP contribution in [0, 0.1) is 0 Å². The van der Waals surface area contributed by atoms with Gasteiger partial charge in [-0.05, 0) is 39.7 Å². The monoisotopic (exact) mass is 529 g/mol. The highest BCUT2D eigenvalue weighted by Gasteiger charge is 2.42. The van der Waals surface area contributed by atoms with Crippen molar-refractivity contribution >= 4 is 32.7 Å². The van der Waals surface area contributed by atoms with Gasteiger partial charge >= 0.3 is 0 Å². The number of alkyl halides is 3. The average Bonchev–Trinajstić information content (AvgIpc) is 3.19. The average molecular weight is 530 g/mol. The number of pyridine rings is 1. The lowest BCUT2D eigenvalue weighted by molar-refractivity contribution is 0.150. The van der Waals surface area contributed by atoms with E-state index >= 15 is 0 Å². The van der Waals surface area contributed by atoms with Crippen LogP contribution in [0.15, 0.2) is 23.4 Å². The molecule has 0 aromatic carbocycles. The Bertz CT molecular complexity index is 1360. The number of anilines is 1. The van der Waals surface area contributed by atoms with Crippen LogP contribution < -0.4 is 14.9 Å². The highest BCUT2D eigenvalue weighted by Crippen LogP contribution is 2.38. The summed E-state index contributed by atoms with van der Waals surface area (Å²) in [4.78, 5) is 6.43. The summed E-state index contributed by atoms with van der Waals surface area (Å²) in [7, 11) is -3.91. The molecule has 2 N–H and O–H groups in total. The van der Waals surface area contributed by atoms with E-state index in [-0.39, 0.29) is 22.0 Å². The molecule has 0 spiro atoms. The van der Waals surface area contributed by atoms with E-state index < -0.39 is 39.7 Å². The van der Waals surface area contributed by atoms with Crippen LogP contribution in [0.3, 0.4) is 0 Å². The van der Waals surface area contributed by atoms with Crippen LogP contribution >= 0.6 is 11.3 Å². The molecule has 14 heteroatoms. The molecule has 1 saturated heterocycles. The van der Waals surface area contributed by atoms with Crippen molar-refractivity contribution < 1.29 is 21.6 Å². The van der Waals surface area contributed by atoms with Crippen LogP contribution in [0.5, 0.6) is 0 Å². The quantitative estimate of drug-likeness (QED) is 0.485. The summed E-state index contributed by atoms with van der Waals surface area (Å²) in [6.07, 6.45) is 1.59. The molecule has 1 aliphatic heterocycles. The summed E-state index contributed by atoms with van der Waals surface area (Å²) >= 11 is 0.722. The molecular formula is C21H26F3N7O2S2. The molecule has 0 radical (unpaired) electrons. The van der Waals surface area contributed by atoms with Gasteiger partial charge in [0.25, 0.3) is 6.43 Å². The highest BCUT2D eigenvalue weighted by molar-refractivity contribution is 7.89. The number of nitrogens with zero attached hydrogens (tertiary/aromatic N) is 5. The Kier molecular flexibility index (Phi) is 6.05. The van der Waals surface area contributed by atoms with E-state index in [1.165, 1.54) is 12.4 Å². The number of hydrogen-bond acceptors (Lipinski definition) is 8. The van der Waals surface area contributed by atoms with E-state index in [1.54, 1.807) is 10.5 Å². The van der Waals surface area contributed by atoms with Crippen molar-refractivity contribution in [2.24, 2.45) is 0 Å². The standard InChI is InChI=1S/C21H26F3N7O2S2/c1-11-12(2)30(9-13(7-22)26-11)15-6-14(35(32,33)29-21(3)4-5-21)10-31-16(8-25-18(15)31)19-27-28-20(34-19)17(23)24/h6,8,10-13,17,26,29H,4-5,7,9H2,1-3H3/t11-,12+,13+/m0/s1. The van der Waals surface area contributed by atoms with Gasteiger partial charge in [0.1, 0.15) is 17.3 Å². The summed E-state index contributed by atoms with van der Waals surface area (Å²) in [6.45, 7) is 5.48. The summed E-state index contributed by atoms with van der Waals surface area (Å²) in [6, 6.07) is 0.950. The molecule has 190 valence electrons. The molecule has 3 aromatic heterocycles. The fourth-order valence-electron chi connectivity index (χ4n) is 4.31. The Morgan fingerprint density at radius 1 is 1.31 bits per heavy atom. The van der Waals surface area contributed by atoms with Crippen molar-refractivity contribution in [1.29, 1.82) is 0 Å². The SMILES string of the molecule is C[C@@H]1N[C@H](CF)CN(c2cc(S(=O)(=O)NC3(C)CC3)cn3c(-c4nnc(C(F)F)s4)cnc23)[C@@H]1C. The van der Waals surface area contributed by atoms with Gasteiger partial charge in [0.2, 0.25) is 10.0 Å². The highest BCUT2D eigenvalue weighted by atomic mass is 32.2. The molecule has 0 amide bonds. The topological polar surface area (TPSA) is 105 Å². The lowest BCUT2D eigenvalue weighted by Crippen LogP contribution is -2.61. The van der Waals surface area contributed by atoms with Gasteiger partial charge < -0.3 is 10.2 Å². The Hall–Kier alpha value is -2.29. The molecule has 9 nitrogen and oxygen atoms in total. The van der Waals surface area contributed by atoms with E-state index in [9.17, 15) is 21.6 Å². The zero-order valence-corrected chi connectivity index (χ0v) is 21.0. The van der Waals surface area contributed by atoms with Crippen LogP contribution in [-0.2, 0) is 10.0 Å². The van der Waals surface area contributed by atoms with Crippen molar-refractivity contribution in [3.05, 3.63) is 23.5 Å². The Labute approximate surface area is 204 Å². The number of rotatable bonds is 7. The van der Waals surface area contributed by atoms with Crippen LogP contribution in [0.25, 0.3) is 16.3 Å². The number of aromatic nitrogens is 4. The predicted octanol–water partition coefficient (Wildman–Crippen LogP) is 3.15. The molecule has 2 aliphatic rings. The first kappa shape index (κ1) is 24.4. The second-order valence-corrected chi connectivity index (χ2v) is 12.2. The lowest BCUT2D eigenvalue weighted by Gasteiger charge is -2.43. The van der Waals surface area contributed by atoms with E-state index in [2.05, 4.69) is 25.2 Å². The summed E-state index contributed by atoms with van der Waals surface area (Å²) < 4.78 is 70.9. The minimum atomic E-state index is -3.91. The van der Waals surface area contributed by atoms with Crippen LogP contribution in [-0.4, -0.2) is 64.9 Å². The van der Waals surface area contributed by atoms with Gasteiger partial charge in [-0.3, -0.25) is 4.40 Å². The van der Waals surface area contributed by atoms with E-state index in [1.807, 2.05) is 25.7 Å². The van der Waals surface area contributed by atoms with Gasteiger partial charge in [-0.1, -0.05) is 11.3 Å². The summed E-state index contributed by atoms with van der Waals surface area (Å²) in [5.41, 5.74) is 0.785. The smallest absolute Gasteiger partial charge is 0.291 e. The fourth-order valence-corrected chi connectivity index (χ4v) is 6.50. The zero-order chi connectivity index (χ0) is 25.1. The third-order valence-corrected chi connectivity index (χ3v) is 9.28. The van der Waals surface area contributed by atoms with Crippen LogP contribution in [0.1, 0.15) is 45.0 Å². The first-order valence-corrected chi connectivity index (χ1v) is 13.6. The van der Waals surface area contributed by atoms with Crippen molar-refractivity contribution in [3.63, 3.8) is 0 Å². The third kappa shape index (κ3) is 4.52. The fraction of sp³-hybridized carbons (Fsp3) is 0.571. The van der Waals surface area contributed by atoms with E-state index in [4.69, 9.17) is 0 Å². The summed E-state index contributed by atoms with van der Waals surface area (Å²) in [5, 5.41) is 10.4. The molecule has 3 atom stereocenters. The largest absolute Gasteiger partial charge is 0.363 e. The molecule has 5 rings (SSSR count). The van der Waals surface area contributed by atoms with Gasteiger partial charge in [-0.15, -0.1) is 10.2 Å². The molecule has 0 bridgehead atoms. The first-order valence-electron chi connectivity index (χ1n) is 11.3. The minimum Gasteiger partial charge on any atom is -0.363 e. The van der Waals surface area contributed by atoms with Gasteiger partial charge in [-0.2, -0.15) is 0 Å². The van der Waals surface area contributed by atoms with Crippen molar-refractivity contribution in [2.45, 2.75) is 68.6 Å². The Morgan fingerprint density at radius 2 is 2.06 bits per heavy atom. The number of nitrogens with one attached hydrogen (secondary N) is 2. The third-order valence-electron chi connectivity index (χ3n) is 6.73. The normalized spacial score (nSPS) is 24.4. The molecule has 4 heterocycles. The molecular weight excluding hydrogens is 503 g/mol. The first-order chi connectivity index (χ1) is 16.5. The second-order valence-electron chi connectivity index (χ2n) is 9.51. The van der Waals surface area contributed by atoms with Gasteiger partial charge in [-0.25, -0.2) is 31.3 Å². The van der Waals surface area contributed by atoms with Crippen LogP contribution in [0.2, 0.25) is 0 Å². The number of imidazole rings is 1. The van der Waals surface area contributed by atoms with Gasteiger partial charge in [0, 0.05) is 30.4 Å². The Morgan fingerprint density at radius 3 is 2.69 bits per heavy atom. The molecule has 2 fully saturated rings. The molecule has 3 aromatic rings. The molecule has 0 unspecified atom stereocenters. The van der Waals surface area contributed by atoms with Gasteiger partial charge in [0.15, 0.2) is 15.7 Å². The maximum Gasteiger partial charge on any atom is 0.291 e. The van der Waals surface area contributed by atoms with E-state index in [0.717, 1.165) is 24.2 Å². The van der Waals surface area contributed by atoms with E-state index in [0.29, 0.717) is 23.6 Å². The number of sulfonamides is 1. The molecule has 1 saturated carbocycles. The van der Waals surface area contributed by atoms with Crippen molar-refractivity contribution in [3.8, 4) is 10.7 Å². The van der Waals surface area contributed by atoms with Crippen molar-refractivity contribution in [1.82, 2.24) is 29.6 Å². The van der Waals surface area contributed by atoms with Crippen molar-refractivity contribution in [2.75, 3.05) is 18.1 Å². The second kappa shape index (κ2) is 8.68. The molecule has 35 heavy (non-hydrogen) atoms. The zero-order valence-electron chi connectivity index (χ0n) is 19.4. The Balaban J connectivity index is 1.68. The maximum absolute atomic E-state index is 13.6. The minimum absolute atomic E-state index is 0.00107. The lowest BCUT2D eigenvalue weighted by atomic mass is 10.0. The number of halogens is 3. The maximum atomic E-state index is 13.6. The number of piperazine rings is 1. The van der Waals surface area contributed by atoms with Crippen LogP contribution in [0.4, 0.5) is 18.9 Å². The predicted molar refractivity (Wildman–Crippen MR) is 126 cm³/mol. The number of hydrogen-bond donors (Lipinski definition) is 2. The number of fused-ring (bicyclic) bond motifs is 1.